The van der Waals surface area contributed by atoms with Crippen molar-refractivity contribution in [2.24, 2.45) is 5.92 Å². The Hall–Kier alpha value is -1.71. The summed E-state index contributed by atoms with van der Waals surface area (Å²) in [5.41, 5.74) is 0.107. The second-order valence-electron chi connectivity index (χ2n) is 4.09. The molecule has 0 saturated heterocycles. The molecule has 0 atom stereocenters. The summed E-state index contributed by atoms with van der Waals surface area (Å²) in [4.78, 5) is 11.8. The van der Waals surface area contributed by atoms with E-state index in [9.17, 15) is 15.0 Å². The zero-order valence-electron chi connectivity index (χ0n) is 10.2. The minimum Gasteiger partial charge on any atom is -0.508 e. The number of phenols is 2. The summed E-state index contributed by atoms with van der Waals surface area (Å²) in [6.07, 6.45) is 2.01. The van der Waals surface area contributed by atoms with Crippen molar-refractivity contribution in [3.63, 3.8) is 0 Å². The van der Waals surface area contributed by atoms with Crippen LogP contribution < -0.4 is 5.32 Å². The van der Waals surface area contributed by atoms with E-state index in [1.807, 2.05) is 0 Å². The first-order valence-corrected chi connectivity index (χ1v) is 5.88. The van der Waals surface area contributed by atoms with Crippen molar-refractivity contribution in [2.75, 3.05) is 6.54 Å². The van der Waals surface area contributed by atoms with Crippen molar-refractivity contribution in [1.29, 1.82) is 0 Å². The Morgan fingerprint density at radius 3 is 2.53 bits per heavy atom. The third kappa shape index (κ3) is 3.66. The summed E-state index contributed by atoms with van der Waals surface area (Å²) in [6, 6.07) is 3.91. The van der Waals surface area contributed by atoms with Crippen molar-refractivity contribution in [1.82, 2.24) is 5.32 Å². The van der Waals surface area contributed by atoms with Crippen LogP contribution in [0.5, 0.6) is 11.5 Å². The number of rotatable bonds is 5. The van der Waals surface area contributed by atoms with Gasteiger partial charge in [-0.25, -0.2) is 0 Å². The Kier molecular flexibility index (Phi) is 4.82. The van der Waals surface area contributed by atoms with E-state index >= 15 is 0 Å². The van der Waals surface area contributed by atoms with E-state index in [2.05, 4.69) is 19.2 Å². The van der Waals surface area contributed by atoms with Crippen LogP contribution in [-0.2, 0) is 0 Å². The van der Waals surface area contributed by atoms with Gasteiger partial charge in [0.1, 0.15) is 11.5 Å². The molecule has 0 aliphatic rings. The van der Waals surface area contributed by atoms with Crippen molar-refractivity contribution < 1.29 is 15.0 Å². The Morgan fingerprint density at radius 1 is 1.29 bits per heavy atom. The van der Waals surface area contributed by atoms with Gasteiger partial charge < -0.3 is 15.5 Å². The van der Waals surface area contributed by atoms with Crippen LogP contribution in [0.1, 0.15) is 37.0 Å². The molecule has 0 saturated carbocycles. The van der Waals surface area contributed by atoms with Crippen LogP contribution in [0.2, 0.25) is 0 Å². The van der Waals surface area contributed by atoms with E-state index < -0.39 is 0 Å². The first-order chi connectivity index (χ1) is 8.08. The van der Waals surface area contributed by atoms with Crippen LogP contribution >= 0.6 is 0 Å². The highest BCUT2D eigenvalue weighted by atomic mass is 16.3. The Morgan fingerprint density at radius 2 is 1.94 bits per heavy atom. The fourth-order valence-corrected chi connectivity index (χ4v) is 1.62. The van der Waals surface area contributed by atoms with Crippen LogP contribution in [0.3, 0.4) is 0 Å². The molecule has 0 bridgehead atoms. The van der Waals surface area contributed by atoms with E-state index in [0.717, 1.165) is 12.8 Å². The highest BCUT2D eigenvalue weighted by Gasteiger charge is 2.13. The molecule has 1 aromatic carbocycles. The molecule has 0 aliphatic heterocycles. The number of amides is 1. The van der Waals surface area contributed by atoms with Crippen molar-refractivity contribution in [2.45, 2.75) is 26.7 Å². The minimum atomic E-state index is -0.356. The van der Waals surface area contributed by atoms with Gasteiger partial charge in [0.25, 0.3) is 5.91 Å². The molecule has 0 unspecified atom stereocenters. The highest BCUT2D eigenvalue weighted by Crippen LogP contribution is 2.21. The fourth-order valence-electron chi connectivity index (χ4n) is 1.62. The molecule has 0 heterocycles. The van der Waals surface area contributed by atoms with E-state index in [4.69, 9.17) is 0 Å². The molecule has 3 N–H and O–H groups in total. The molecule has 4 nitrogen and oxygen atoms in total. The average molecular weight is 237 g/mol. The smallest absolute Gasteiger partial charge is 0.255 e. The lowest BCUT2D eigenvalue weighted by atomic mass is 10.0. The molecule has 1 rings (SSSR count). The molecule has 1 aromatic rings. The number of phenolic OH excluding ortho intramolecular Hbond substituents is 2. The van der Waals surface area contributed by atoms with Gasteiger partial charge in [-0.3, -0.25) is 4.79 Å². The lowest BCUT2D eigenvalue weighted by molar-refractivity contribution is 0.0943. The van der Waals surface area contributed by atoms with Gasteiger partial charge in [0.15, 0.2) is 0 Å². The number of hydrogen-bond donors (Lipinski definition) is 3. The predicted octanol–water partition coefficient (Wildman–Crippen LogP) is 2.26. The zero-order valence-corrected chi connectivity index (χ0v) is 10.2. The van der Waals surface area contributed by atoms with E-state index in [1.165, 1.54) is 18.2 Å². The standard InChI is InChI=1S/C13H19NO3/c1-3-9(4-2)8-14-13(17)11-7-10(15)5-6-12(11)16/h5-7,9,15-16H,3-4,8H2,1-2H3,(H,14,17). The van der Waals surface area contributed by atoms with Gasteiger partial charge in [-0.2, -0.15) is 0 Å². The highest BCUT2D eigenvalue weighted by molar-refractivity contribution is 5.97. The van der Waals surface area contributed by atoms with Crippen molar-refractivity contribution >= 4 is 5.91 Å². The molecule has 0 aliphatic carbocycles. The first-order valence-electron chi connectivity index (χ1n) is 5.88. The summed E-state index contributed by atoms with van der Waals surface area (Å²) >= 11 is 0. The SMILES string of the molecule is CCC(CC)CNC(=O)c1cc(O)ccc1O. The Labute approximate surface area is 101 Å². The quantitative estimate of drug-likeness (QED) is 0.688. The molecule has 4 heteroatoms. The fraction of sp³-hybridized carbons (Fsp3) is 0.462. The number of nitrogens with one attached hydrogen (secondary N) is 1. The van der Waals surface area contributed by atoms with E-state index in [0.29, 0.717) is 12.5 Å². The van der Waals surface area contributed by atoms with E-state index in [1.54, 1.807) is 0 Å². The summed E-state index contributed by atoms with van der Waals surface area (Å²) in [6.45, 7) is 4.74. The maximum absolute atomic E-state index is 11.8. The average Bonchev–Trinajstić information content (AvgIpc) is 2.33. The van der Waals surface area contributed by atoms with Gasteiger partial charge in [0.05, 0.1) is 5.56 Å². The number of carbonyl (C=O) groups is 1. The van der Waals surface area contributed by atoms with Gasteiger partial charge in [0, 0.05) is 6.54 Å². The molecule has 0 radical (unpaired) electrons. The largest absolute Gasteiger partial charge is 0.508 e. The molecule has 17 heavy (non-hydrogen) atoms. The number of aromatic hydroxyl groups is 2. The molecule has 94 valence electrons. The number of carbonyl (C=O) groups excluding carboxylic acids is 1. The molecule has 0 fully saturated rings. The van der Waals surface area contributed by atoms with Gasteiger partial charge in [-0.15, -0.1) is 0 Å². The lowest BCUT2D eigenvalue weighted by Gasteiger charge is -2.13. The minimum absolute atomic E-state index is 0.0320. The monoisotopic (exact) mass is 237 g/mol. The summed E-state index contributed by atoms with van der Waals surface area (Å²) in [5, 5.41) is 21.5. The normalized spacial score (nSPS) is 10.5. The van der Waals surface area contributed by atoms with Crippen LogP contribution in [0, 0.1) is 5.92 Å². The number of hydrogen-bond acceptors (Lipinski definition) is 3. The van der Waals surface area contributed by atoms with Gasteiger partial charge in [-0.1, -0.05) is 26.7 Å². The van der Waals surface area contributed by atoms with Gasteiger partial charge >= 0.3 is 0 Å². The molecular weight excluding hydrogens is 218 g/mol. The first kappa shape index (κ1) is 13.4. The second kappa shape index (κ2) is 6.13. The molecule has 1 amide bonds. The van der Waals surface area contributed by atoms with Crippen LogP contribution in [0.15, 0.2) is 18.2 Å². The predicted molar refractivity (Wildman–Crippen MR) is 66.2 cm³/mol. The number of benzene rings is 1. The molecule has 0 spiro atoms. The van der Waals surface area contributed by atoms with Crippen LogP contribution in [0.25, 0.3) is 0 Å². The zero-order chi connectivity index (χ0) is 12.8. The van der Waals surface area contributed by atoms with Crippen LogP contribution in [-0.4, -0.2) is 22.7 Å². The van der Waals surface area contributed by atoms with Crippen molar-refractivity contribution in [3.8, 4) is 11.5 Å². The maximum Gasteiger partial charge on any atom is 0.255 e. The van der Waals surface area contributed by atoms with E-state index in [-0.39, 0.29) is 23.0 Å². The summed E-state index contributed by atoms with van der Waals surface area (Å²) in [7, 11) is 0. The topological polar surface area (TPSA) is 69.6 Å². The maximum atomic E-state index is 11.8. The summed E-state index contributed by atoms with van der Waals surface area (Å²) < 4.78 is 0. The van der Waals surface area contributed by atoms with Crippen LogP contribution in [0.4, 0.5) is 0 Å². The third-order valence-electron chi connectivity index (χ3n) is 2.93. The second-order valence-corrected chi connectivity index (χ2v) is 4.09. The molecular formula is C13H19NO3. The third-order valence-corrected chi connectivity index (χ3v) is 2.93. The molecule has 0 aromatic heterocycles. The lowest BCUT2D eigenvalue weighted by Crippen LogP contribution is -2.28. The van der Waals surface area contributed by atoms with Crippen molar-refractivity contribution in [3.05, 3.63) is 23.8 Å². The Bertz CT molecular complexity index is 386. The Balaban J connectivity index is 2.66. The summed E-state index contributed by atoms with van der Waals surface area (Å²) in [5.74, 6) is -0.0657. The van der Waals surface area contributed by atoms with Gasteiger partial charge in [0.2, 0.25) is 0 Å². The van der Waals surface area contributed by atoms with Gasteiger partial charge in [-0.05, 0) is 24.1 Å².